The Kier molecular flexibility index (Phi) is 4.68. The second-order valence-corrected chi connectivity index (χ2v) is 6.45. The van der Waals surface area contributed by atoms with Crippen molar-refractivity contribution in [3.05, 3.63) is 84.8 Å². The van der Waals surface area contributed by atoms with Crippen molar-refractivity contribution in [2.75, 3.05) is 5.32 Å². The monoisotopic (exact) mass is 372 g/mol. The highest BCUT2D eigenvalue weighted by Gasteiger charge is 2.18. The molecule has 0 atom stereocenters. The second kappa shape index (κ2) is 7.44. The van der Waals surface area contributed by atoms with E-state index >= 15 is 0 Å². The van der Waals surface area contributed by atoms with Crippen LogP contribution in [0.2, 0.25) is 0 Å². The van der Waals surface area contributed by atoms with E-state index in [1.165, 1.54) is 0 Å². The summed E-state index contributed by atoms with van der Waals surface area (Å²) in [6, 6.07) is 18.8. The molecule has 0 saturated heterocycles. The minimum Gasteiger partial charge on any atom is -0.410 e. The molecule has 0 aliphatic rings. The van der Waals surface area contributed by atoms with Gasteiger partial charge in [0.2, 0.25) is 0 Å². The summed E-state index contributed by atoms with van der Waals surface area (Å²) in [4.78, 5) is 12.5. The Labute approximate surface area is 163 Å². The number of ether oxygens (including phenoxy) is 1. The van der Waals surface area contributed by atoms with Gasteiger partial charge >= 0.3 is 6.09 Å². The number of hydrogen-bond donors (Lipinski definition) is 1. The summed E-state index contributed by atoms with van der Waals surface area (Å²) >= 11 is 0. The third kappa shape index (κ3) is 3.53. The third-order valence-corrected chi connectivity index (χ3v) is 4.48. The summed E-state index contributed by atoms with van der Waals surface area (Å²) in [6.45, 7) is 1.97. The molecule has 0 unspecified atom stereocenters. The molecule has 0 saturated carbocycles. The number of aromatic nitrogens is 3. The molecule has 0 bridgehead atoms. The molecular formula is C22H20N4O2. The number of aryl methyl sites for hydroxylation is 1. The average molecular weight is 372 g/mol. The molecule has 6 heteroatoms. The van der Waals surface area contributed by atoms with E-state index in [4.69, 9.17) is 4.74 Å². The Bertz CT molecular complexity index is 1100. The highest BCUT2D eigenvalue weighted by molar-refractivity contribution is 5.89. The summed E-state index contributed by atoms with van der Waals surface area (Å²) in [5.41, 5.74) is 3.85. The Balaban J connectivity index is 1.72. The van der Waals surface area contributed by atoms with Crippen LogP contribution >= 0.6 is 0 Å². The molecule has 0 radical (unpaired) electrons. The summed E-state index contributed by atoms with van der Waals surface area (Å²) in [7, 11) is 1.88. The van der Waals surface area contributed by atoms with Crippen LogP contribution in [0.1, 0.15) is 5.56 Å². The van der Waals surface area contributed by atoms with Crippen LogP contribution in [0.5, 0.6) is 5.75 Å². The van der Waals surface area contributed by atoms with Gasteiger partial charge in [0.1, 0.15) is 11.6 Å². The Hall–Kier alpha value is -3.80. The molecule has 6 nitrogen and oxygen atoms in total. The lowest BCUT2D eigenvalue weighted by atomic mass is 10.1. The number of hydrogen-bond acceptors (Lipinski definition) is 3. The van der Waals surface area contributed by atoms with E-state index in [0.717, 1.165) is 22.4 Å². The number of benzene rings is 2. The van der Waals surface area contributed by atoms with Crippen molar-refractivity contribution in [3.63, 3.8) is 0 Å². The first kappa shape index (κ1) is 17.6. The van der Waals surface area contributed by atoms with Gasteiger partial charge in [-0.3, -0.25) is 10.00 Å². The standard InChI is InChI=1S/C22H20N4O2/c1-16-20(17-13-23-25(2)14-17)15-26(18-9-5-3-6-10-18)21(16)24-22(27)28-19-11-7-4-8-12-19/h3-15H,1-2H3,(H,24,27). The van der Waals surface area contributed by atoms with Gasteiger partial charge in [-0.05, 0) is 36.8 Å². The number of rotatable bonds is 4. The van der Waals surface area contributed by atoms with Crippen LogP contribution in [0.4, 0.5) is 10.6 Å². The van der Waals surface area contributed by atoms with Crippen molar-refractivity contribution in [2.45, 2.75) is 6.92 Å². The highest BCUT2D eigenvalue weighted by atomic mass is 16.6. The van der Waals surface area contributed by atoms with Crippen LogP contribution in [-0.4, -0.2) is 20.4 Å². The Morgan fingerprint density at radius 2 is 1.68 bits per heavy atom. The molecule has 2 aromatic heterocycles. The zero-order chi connectivity index (χ0) is 19.5. The molecule has 4 rings (SSSR count). The smallest absolute Gasteiger partial charge is 0.410 e. The fraction of sp³-hybridized carbons (Fsp3) is 0.0909. The molecule has 0 aliphatic heterocycles. The molecular weight excluding hydrogens is 352 g/mol. The van der Waals surface area contributed by atoms with Crippen LogP contribution in [0, 0.1) is 6.92 Å². The summed E-state index contributed by atoms with van der Waals surface area (Å²) < 4.78 is 9.11. The molecule has 2 aromatic carbocycles. The normalized spacial score (nSPS) is 10.6. The highest BCUT2D eigenvalue weighted by Crippen LogP contribution is 2.33. The summed E-state index contributed by atoms with van der Waals surface area (Å²) in [6.07, 6.45) is 5.22. The van der Waals surface area contributed by atoms with Gasteiger partial charge in [0, 0.05) is 36.3 Å². The fourth-order valence-electron chi connectivity index (χ4n) is 3.11. The van der Waals surface area contributed by atoms with Crippen molar-refractivity contribution >= 4 is 11.9 Å². The van der Waals surface area contributed by atoms with Crippen molar-refractivity contribution in [1.82, 2.24) is 14.3 Å². The molecule has 0 aliphatic carbocycles. The maximum atomic E-state index is 12.5. The molecule has 2 heterocycles. The van der Waals surface area contributed by atoms with Gasteiger partial charge in [-0.1, -0.05) is 36.4 Å². The summed E-state index contributed by atoms with van der Waals surface area (Å²) in [5, 5.41) is 7.16. The van der Waals surface area contributed by atoms with Crippen LogP contribution in [-0.2, 0) is 7.05 Å². The maximum absolute atomic E-state index is 12.5. The first-order valence-corrected chi connectivity index (χ1v) is 8.92. The number of nitrogens with zero attached hydrogens (tertiary/aromatic N) is 3. The SMILES string of the molecule is Cc1c(-c2cnn(C)c2)cn(-c2ccccc2)c1NC(=O)Oc1ccccc1. The molecule has 140 valence electrons. The van der Waals surface area contributed by atoms with E-state index in [9.17, 15) is 4.79 Å². The van der Waals surface area contributed by atoms with Crippen LogP contribution < -0.4 is 10.1 Å². The topological polar surface area (TPSA) is 61.1 Å². The van der Waals surface area contributed by atoms with Gasteiger partial charge in [0.15, 0.2) is 0 Å². The predicted molar refractivity (Wildman–Crippen MR) is 109 cm³/mol. The van der Waals surface area contributed by atoms with Crippen LogP contribution in [0.3, 0.4) is 0 Å². The van der Waals surface area contributed by atoms with E-state index in [-0.39, 0.29) is 0 Å². The van der Waals surface area contributed by atoms with E-state index < -0.39 is 6.09 Å². The van der Waals surface area contributed by atoms with Crippen LogP contribution in [0.15, 0.2) is 79.3 Å². The largest absolute Gasteiger partial charge is 0.418 e. The molecule has 0 spiro atoms. The quantitative estimate of drug-likeness (QED) is 0.560. The summed E-state index contributed by atoms with van der Waals surface area (Å²) in [5.74, 6) is 1.15. The number of carbonyl (C=O) groups excluding carboxylic acids is 1. The minimum atomic E-state index is -0.540. The second-order valence-electron chi connectivity index (χ2n) is 6.45. The van der Waals surface area contributed by atoms with Gasteiger partial charge in [0.25, 0.3) is 0 Å². The number of nitrogens with one attached hydrogen (secondary N) is 1. The van der Waals surface area contributed by atoms with Crippen molar-refractivity contribution in [1.29, 1.82) is 0 Å². The van der Waals surface area contributed by atoms with Gasteiger partial charge < -0.3 is 9.30 Å². The predicted octanol–water partition coefficient (Wildman–Crippen LogP) is 4.80. The molecule has 0 fully saturated rings. The van der Waals surface area contributed by atoms with Gasteiger partial charge in [0.05, 0.1) is 6.20 Å². The number of para-hydroxylation sites is 2. The van der Waals surface area contributed by atoms with E-state index in [0.29, 0.717) is 11.6 Å². The average Bonchev–Trinajstić information content (AvgIpc) is 3.27. The first-order chi connectivity index (χ1) is 13.6. The van der Waals surface area contributed by atoms with E-state index in [1.807, 2.05) is 85.7 Å². The lowest BCUT2D eigenvalue weighted by Gasteiger charge is -2.12. The number of carbonyl (C=O) groups is 1. The van der Waals surface area contributed by atoms with Crippen molar-refractivity contribution in [2.24, 2.45) is 7.05 Å². The minimum absolute atomic E-state index is 0.489. The number of amides is 1. The molecule has 28 heavy (non-hydrogen) atoms. The zero-order valence-electron chi connectivity index (χ0n) is 15.7. The third-order valence-electron chi connectivity index (χ3n) is 4.48. The zero-order valence-corrected chi connectivity index (χ0v) is 15.7. The van der Waals surface area contributed by atoms with Gasteiger partial charge in [-0.15, -0.1) is 0 Å². The van der Waals surface area contributed by atoms with E-state index in [2.05, 4.69) is 10.4 Å². The Morgan fingerprint density at radius 3 is 2.32 bits per heavy atom. The van der Waals surface area contributed by atoms with E-state index in [1.54, 1.807) is 16.8 Å². The molecule has 1 N–H and O–H groups in total. The van der Waals surface area contributed by atoms with Crippen molar-refractivity contribution in [3.8, 4) is 22.6 Å². The van der Waals surface area contributed by atoms with Gasteiger partial charge in [-0.2, -0.15) is 5.10 Å². The lowest BCUT2D eigenvalue weighted by molar-refractivity contribution is 0.215. The van der Waals surface area contributed by atoms with Crippen molar-refractivity contribution < 1.29 is 9.53 Å². The lowest BCUT2D eigenvalue weighted by Crippen LogP contribution is -2.19. The molecule has 1 amide bonds. The first-order valence-electron chi connectivity index (χ1n) is 8.92. The van der Waals surface area contributed by atoms with Gasteiger partial charge in [-0.25, -0.2) is 4.79 Å². The Morgan fingerprint density at radius 1 is 1.00 bits per heavy atom. The molecule has 4 aromatic rings. The number of anilines is 1. The maximum Gasteiger partial charge on any atom is 0.418 e. The fourth-order valence-corrected chi connectivity index (χ4v) is 3.11. The van der Waals surface area contributed by atoms with Crippen LogP contribution in [0.25, 0.3) is 16.8 Å².